The average Bonchev–Trinajstić information content (AvgIpc) is 3.08. The van der Waals surface area contributed by atoms with Gasteiger partial charge in [0, 0.05) is 12.1 Å². The van der Waals surface area contributed by atoms with Gasteiger partial charge in [-0.25, -0.2) is 9.79 Å². The van der Waals surface area contributed by atoms with E-state index in [1.165, 1.54) is 11.8 Å². The SMILES string of the molecule is CCOC(=O)c1ccc(NC(=O)CC2S/C(=N\c3ccc(OCC)cc3)NC2=O)cc1. The monoisotopic (exact) mass is 441 g/mol. The van der Waals surface area contributed by atoms with Crippen LogP contribution in [0.2, 0.25) is 0 Å². The highest BCUT2D eigenvalue weighted by atomic mass is 32.2. The third kappa shape index (κ3) is 6.32. The van der Waals surface area contributed by atoms with Gasteiger partial charge in [0.05, 0.1) is 24.5 Å². The molecule has 1 fully saturated rings. The van der Waals surface area contributed by atoms with E-state index in [0.29, 0.717) is 35.3 Å². The van der Waals surface area contributed by atoms with E-state index >= 15 is 0 Å². The highest BCUT2D eigenvalue weighted by Gasteiger charge is 2.32. The Morgan fingerprint density at radius 1 is 1.06 bits per heavy atom. The van der Waals surface area contributed by atoms with Crippen LogP contribution in [-0.4, -0.2) is 41.4 Å². The summed E-state index contributed by atoms with van der Waals surface area (Å²) in [4.78, 5) is 40.7. The summed E-state index contributed by atoms with van der Waals surface area (Å²) in [5, 5.41) is 5.32. The van der Waals surface area contributed by atoms with Crippen LogP contribution in [-0.2, 0) is 14.3 Å². The standard InChI is InChI=1S/C22H23N3O5S/c1-3-29-17-11-9-16(10-12-17)24-22-25-20(27)18(31-22)13-19(26)23-15-7-5-14(6-8-15)21(28)30-4-2/h5-12,18H,3-4,13H2,1-2H3,(H,23,26)(H,24,25,27). The molecule has 0 aromatic heterocycles. The van der Waals surface area contributed by atoms with Crippen molar-refractivity contribution >= 4 is 46.1 Å². The number of hydrogen-bond donors (Lipinski definition) is 2. The van der Waals surface area contributed by atoms with Crippen molar-refractivity contribution in [3.8, 4) is 5.75 Å². The number of thioether (sulfide) groups is 1. The molecular formula is C22H23N3O5S. The van der Waals surface area contributed by atoms with E-state index in [1.807, 2.05) is 19.1 Å². The number of nitrogens with zero attached hydrogens (tertiary/aromatic N) is 1. The molecule has 2 amide bonds. The van der Waals surface area contributed by atoms with Crippen molar-refractivity contribution in [2.45, 2.75) is 25.5 Å². The van der Waals surface area contributed by atoms with E-state index < -0.39 is 11.2 Å². The summed E-state index contributed by atoms with van der Waals surface area (Å²) >= 11 is 1.21. The van der Waals surface area contributed by atoms with E-state index in [-0.39, 0.29) is 18.2 Å². The van der Waals surface area contributed by atoms with Gasteiger partial charge in [0.25, 0.3) is 0 Å². The minimum Gasteiger partial charge on any atom is -0.494 e. The first kappa shape index (κ1) is 22.4. The quantitative estimate of drug-likeness (QED) is 0.607. The molecule has 31 heavy (non-hydrogen) atoms. The van der Waals surface area contributed by atoms with Gasteiger partial charge in [-0.15, -0.1) is 0 Å². The number of amides is 2. The van der Waals surface area contributed by atoms with Crippen LogP contribution in [0.4, 0.5) is 11.4 Å². The van der Waals surface area contributed by atoms with Crippen molar-refractivity contribution < 1.29 is 23.9 Å². The third-order valence-corrected chi connectivity index (χ3v) is 5.29. The Morgan fingerprint density at radius 2 is 1.77 bits per heavy atom. The van der Waals surface area contributed by atoms with Gasteiger partial charge in [-0.2, -0.15) is 0 Å². The first-order chi connectivity index (χ1) is 15.0. The molecule has 2 aromatic rings. The van der Waals surface area contributed by atoms with Crippen LogP contribution in [0.5, 0.6) is 5.75 Å². The molecule has 1 atom stereocenters. The number of esters is 1. The maximum Gasteiger partial charge on any atom is 0.338 e. The molecule has 3 rings (SSSR count). The van der Waals surface area contributed by atoms with Gasteiger partial charge in [-0.05, 0) is 62.4 Å². The predicted molar refractivity (Wildman–Crippen MR) is 120 cm³/mol. The van der Waals surface area contributed by atoms with Crippen molar-refractivity contribution in [2.75, 3.05) is 18.5 Å². The molecule has 0 saturated carbocycles. The van der Waals surface area contributed by atoms with E-state index in [4.69, 9.17) is 9.47 Å². The zero-order chi connectivity index (χ0) is 22.2. The summed E-state index contributed by atoms with van der Waals surface area (Å²) in [6, 6.07) is 13.6. The molecule has 1 heterocycles. The molecule has 1 saturated heterocycles. The second-order valence-electron chi connectivity index (χ2n) is 6.49. The predicted octanol–water partition coefficient (Wildman–Crippen LogP) is 3.51. The molecule has 9 heteroatoms. The summed E-state index contributed by atoms with van der Waals surface area (Å²) in [5.41, 5.74) is 1.61. The minimum absolute atomic E-state index is 0.00156. The van der Waals surface area contributed by atoms with E-state index in [0.717, 1.165) is 5.75 Å². The van der Waals surface area contributed by atoms with Crippen molar-refractivity contribution in [3.05, 3.63) is 54.1 Å². The van der Waals surface area contributed by atoms with Gasteiger partial charge in [0.1, 0.15) is 11.0 Å². The molecule has 1 aliphatic rings. The molecule has 1 aliphatic heterocycles. The van der Waals surface area contributed by atoms with Crippen LogP contribution in [0.15, 0.2) is 53.5 Å². The lowest BCUT2D eigenvalue weighted by atomic mass is 10.2. The first-order valence-corrected chi connectivity index (χ1v) is 10.7. The van der Waals surface area contributed by atoms with Gasteiger partial charge >= 0.3 is 5.97 Å². The average molecular weight is 442 g/mol. The van der Waals surface area contributed by atoms with Crippen LogP contribution in [0, 0.1) is 0 Å². The number of ether oxygens (including phenoxy) is 2. The zero-order valence-electron chi connectivity index (χ0n) is 17.2. The third-order valence-electron chi connectivity index (χ3n) is 4.21. The van der Waals surface area contributed by atoms with Crippen LogP contribution in [0.25, 0.3) is 0 Å². The summed E-state index contributed by atoms with van der Waals surface area (Å²) in [7, 11) is 0. The van der Waals surface area contributed by atoms with Crippen molar-refractivity contribution in [1.29, 1.82) is 0 Å². The normalized spacial score (nSPS) is 16.6. The second-order valence-corrected chi connectivity index (χ2v) is 7.68. The van der Waals surface area contributed by atoms with Crippen LogP contribution in [0.1, 0.15) is 30.6 Å². The Labute approximate surface area is 184 Å². The molecule has 0 radical (unpaired) electrons. The maximum absolute atomic E-state index is 12.3. The Kier molecular flexibility index (Phi) is 7.66. The number of hydrogen-bond acceptors (Lipinski definition) is 7. The Morgan fingerprint density at radius 3 is 2.42 bits per heavy atom. The fraction of sp³-hybridized carbons (Fsp3) is 0.273. The molecule has 2 aromatic carbocycles. The number of amidine groups is 1. The lowest BCUT2D eigenvalue weighted by Gasteiger charge is -2.08. The summed E-state index contributed by atoms with van der Waals surface area (Å²) in [6.45, 7) is 4.52. The number of carbonyl (C=O) groups excluding carboxylic acids is 3. The highest BCUT2D eigenvalue weighted by molar-refractivity contribution is 8.15. The molecule has 1 unspecified atom stereocenters. The molecule has 0 bridgehead atoms. The maximum atomic E-state index is 12.3. The fourth-order valence-corrected chi connectivity index (χ4v) is 3.77. The van der Waals surface area contributed by atoms with Crippen LogP contribution in [0.3, 0.4) is 0 Å². The van der Waals surface area contributed by atoms with E-state index in [9.17, 15) is 14.4 Å². The van der Waals surface area contributed by atoms with Crippen molar-refractivity contribution in [3.63, 3.8) is 0 Å². The summed E-state index contributed by atoms with van der Waals surface area (Å²) in [5.74, 6) is -0.237. The lowest BCUT2D eigenvalue weighted by molar-refractivity contribution is -0.122. The number of rotatable bonds is 8. The van der Waals surface area contributed by atoms with Gasteiger partial charge in [0.2, 0.25) is 11.8 Å². The number of anilines is 1. The van der Waals surface area contributed by atoms with Crippen LogP contribution < -0.4 is 15.4 Å². The molecule has 0 spiro atoms. The highest BCUT2D eigenvalue weighted by Crippen LogP contribution is 2.26. The van der Waals surface area contributed by atoms with E-state index in [2.05, 4.69) is 15.6 Å². The zero-order valence-corrected chi connectivity index (χ0v) is 18.0. The van der Waals surface area contributed by atoms with Gasteiger partial charge in [0.15, 0.2) is 5.17 Å². The van der Waals surface area contributed by atoms with Gasteiger partial charge in [-0.1, -0.05) is 11.8 Å². The molecule has 0 aliphatic carbocycles. The Balaban J connectivity index is 1.54. The molecular weight excluding hydrogens is 418 g/mol. The van der Waals surface area contributed by atoms with Crippen molar-refractivity contribution in [1.82, 2.24) is 5.32 Å². The Hall–Kier alpha value is -3.33. The van der Waals surface area contributed by atoms with Gasteiger partial charge in [-0.3, -0.25) is 9.59 Å². The number of carbonyl (C=O) groups is 3. The molecule has 2 N–H and O–H groups in total. The van der Waals surface area contributed by atoms with Crippen LogP contribution >= 0.6 is 11.8 Å². The largest absolute Gasteiger partial charge is 0.494 e. The number of aliphatic imine (C=N–C) groups is 1. The van der Waals surface area contributed by atoms with Crippen molar-refractivity contribution in [2.24, 2.45) is 4.99 Å². The Bertz CT molecular complexity index is 974. The summed E-state index contributed by atoms with van der Waals surface area (Å²) < 4.78 is 10.3. The lowest BCUT2D eigenvalue weighted by Crippen LogP contribution is -2.28. The summed E-state index contributed by atoms with van der Waals surface area (Å²) in [6.07, 6.45) is -0.00156. The smallest absolute Gasteiger partial charge is 0.338 e. The van der Waals surface area contributed by atoms with Gasteiger partial charge < -0.3 is 20.1 Å². The topological polar surface area (TPSA) is 106 Å². The van der Waals surface area contributed by atoms with E-state index in [1.54, 1.807) is 43.3 Å². The first-order valence-electron chi connectivity index (χ1n) is 9.84. The fourth-order valence-electron chi connectivity index (χ4n) is 2.78. The second kappa shape index (κ2) is 10.6. The minimum atomic E-state index is -0.569. The molecule has 8 nitrogen and oxygen atoms in total. The number of nitrogens with one attached hydrogen (secondary N) is 2. The molecule has 162 valence electrons. The number of benzene rings is 2.